The van der Waals surface area contributed by atoms with Crippen molar-refractivity contribution in [1.82, 2.24) is 4.90 Å². The Bertz CT molecular complexity index is 379. The highest BCUT2D eigenvalue weighted by atomic mass is 32.2. The van der Waals surface area contributed by atoms with Gasteiger partial charge >= 0.3 is 0 Å². The molecule has 0 aliphatic carbocycles. The van der Waals surface area contributed by atoms with Gasteiger partial charge in [-0.1, -0.05) is 20.8 Å². The number of nitrogens with two attached hydrogens (primary N) is 1. The normalized spacial score (nSPS) is 12.1. The summed E-state index contributed by atoms with van der Waals surface area (Å²) in [5, 5.41) is 0. The van der Waals surface area contributed by atoms with Crippen molar-refractivity contribution in [2.24, 2.45) is 11.1 Å². The predicted octanol–water partition coefficient (Wildman–Crippen LogP) is 3.61. The molecule has 0 amide bonds. The molecule has 1 aromatic carbocycles. The number of halogens is 1. The summed E-state index contributed by atoms with van der Waals surface area (Å²) in [5.74, 6) is 0.846. The Morgan fingerprint density at radius 3 is 2.40 bits per heavy atom. The van der Waals surface area contributed by atoms with E-state index in [1.54, 1.807) is 11.8 Å². The zero-order chi connectivity index (χ0) is 15.0. The molecule has 114 valence electrons. The minimum absolute atomic E-state index is 0.162. The fourth-order valence-electron chi connectivity index (χ4n) is 2.08. The second kappa shape index (κ2) is 8.65. The standard InChI is InChI=1S/C16H27FN2S/c1-4-9-19(13-16(2,3)12-18)10-11-20-15-7-5-14(17)6-8-15/h5-8H,4,9-13,18H2,1-3H3. The van der Waals surface area contributed by atoms with Gasteiger partial charge in [0.15, 0.2) is 0 Å². The van der Waals surface area contributed by atoms with Crippen LogP contribution in [0.4, 0.5) is 4.39 Å². The molecule has 2 N–H and O–H groups in total. The number of hydrogen-bond acceptors (Lipinski definition) is 3. The number of nitrogens with zero attached hydrogens (tertiary/aromatic N) is 1. The van der Waals surface area contributed by atoms with Crippen LogP contribution in [0.25, 0.3) is 0 Å². The second-order valence-corrected chi connectivity index (χ2v) is 7.12. The zero-order valence-electron chi connectivity index (χ0n) is 12.9. The third-order valence-corrected chi connectivity index (χ3v) is 4.23. The van der Waals surface area contributed by atoms with Crippen molar-refractivity contribution in [2.75, 3.05) is 31.9 Å². The second-order valence-electron chi connectivity index (χ2n) is 5.95. The van der Waals surface area contributed by atoms with Crippen molar-refractivity contribution in [1.29, 1.82) is 0 Å². The number of rotatable bonds is 9. The maximum absolute atomic E-state index is 12.8. The van der Waals surface area contributed by atoms with E-state index >= 15 is 0 Å². The van der Waals surface area contributed by atoms with E-state index in [2.05, 4.69) is 25.7 Å². The summed E-state index contributed by atoms with van der Waals surface area (Å²) in [7, 11) is 0. The van der Waals surface area contributed by atoms with E-state index in [1.165, 1.54) is 12.1 Å². The Hall–Kier alpha value is -0.580. The molecule has 20 heavy (non-hydrogen) atoms. The summed E-state index contributed by atoms with van der Waals surface area (Å²) in [5.41, 5.74) is 5.98. The number of benzene rings is 1. The molecular weight excluding hydrogens is 271 g/mol. The van der Waals surface area contributed by atoms with E-state index < -0.39 is 0 Å². The van der Waals surface area contributed by atoms with Crippen LogP contribution in [0.5, 0.6) is 0 Å². The quantitative estimate of drug-likeness (QED) is 0.706. The molecule has 0 radical (unpaired) electrons. The topological polar surface area (TPSA) is 29.3 Å². The molecule has 0 aliphatic heterocycles. The fourth-order valence-corrected chi connectivity index (χ4v) is 2.99. The van der Waals surface area contributed by atoms with Gasteiger partial charge in [-0.25, -0.2) is 4.39 Å². The molecule has 0 saturated carbocycles. The van der Waals surface area contributed by atoms with Gasteiger partial charge < -0.3 is 10.6 Å². The van der Waals surface area contributed by atoms with Crippen molar-refractivity contribution in [2.45, 2.75) is 32.1 Å². The molecule has 0 bridgehead atoms. The smallest absolute Gasteiger partial charge is 0.123 e. The number of hydrogen-bond donors (Lipinski definition) is 1. The SMILES string of the molecule is CCCN(CCSc1ccc(F)cc1)CC(C)(C)CN. The van der Waals surface area contributed by atoms with E-state index in [0.717, 1.165) is 36.7 Å². The van der Waals surface area contributed by atoms with Crippen LogP contribution in [-0.4, -0.2) is 36.8 Å². The molecule has 0 aliphatic rings. The minimum atomic E-state index is -0.174. The van der Waals surface area contributed by atoms with Crippen LogP contribution < -0.4 is 5.73 Å². The molecule has 0 atom stereocenters. The minimum Gasteiger partial charge on any atom is -0.330 e. The molecule has 1 rings (SSSR count). The van der Waals surface area contributed by atoms with Gasteiger partial charge in [0.2, 0.25) is 0 Å². The Labute approximate surface area is 126 Å². The van der Waals surface area contributed by atoms with Crippen LogP contribution in [-0.2, 0) is 0 Å². The van der Waals surface area contributed by atoms with Gasteiger partial charge in [0.1, 0.15) is 5.82 Å². The predicted molar refractivity (Wildman–Crippen MR) is 86.7 cm³/mol. The zero-order valence-corrected chi connectivity index (χ0v) is 13.7. The van der Waals surface area contributed by atoms with Crippen LogP contribution in [0.1, 0.15) is 27.2 Å². The third kappa shape index (κ3) is 6.73. The van der Waals surface area contributed by atoms with Gasteiger partial charge in [0.05, 0.1) is 0 Å². The summed E-state index contributed by atoms with van der Waals surface area (Å²) in [6.07, 6.45) is 1.15. The highest BCUT2D eigenvalue weighted by Gasteiger charge is 2.19. The molecule has 0 saturated heterocycles. The van der Waals surface area contributed by atoms with Crippen molar-refractivity contribution >= 4 is 11.8 Å². The Morgan fingerprint density at radius 2 is 1.85 bits per heavy atom. The summed E-state index contributed by atoms with van der Waals surface area (Å²) in [6.45, 7) is 10.5. The summed E-state index contributed by atoms with van der Waals surface area (Å²) < 4.78 is 12.8. The average Bonchev–Trinajstić information content (AvgIpc) is 2.41. The van der Waals surface area contributed by atoms with Crippen LogP contribution in [0, 0.1) is 11.2 Å². The summed E-state index contributed by atoms with van der Waals surface area (Å²) >= 11 is 1.78. The van der Waals surface area contributed by atoms with Crippen LogP contribution >= 0.6 is 11.8 Å². The first-order chi connectivity index (χ1) is 9.46. The average molecular weight is 298 g/mol. The molecule has 0 unspecified atom stereocenters. The molecule has 4 heteroatoms. The lowest BCUT2D eigenvalue weighted by molar-refractivity contribution is 0.192. The van der Waals surface area contributed by atoms with Gasteiger partial charge in [0.25, 0.3) is 0 Å². The van der Waals surface area contributed by atoms with Crippen LogP contribution in [0.2, 0.25) is 0 Å². The van der Waals surface area contributed by atoms with Gasteiger partial charge in [-0.05, 0) is 49.2 Å². The van der Waals surface area contributed by atoms with E-state index in [1.807, 2.05) is 12.1 Å². The summed E-state index contributed by atoms with van der Waals surface area (Å²) in [6, 6.07) is 6.72. The lowest BCUT2D eigenvalue weighted by Gasteiger charge is -2.31. The molecule has 0 spiro atoms. The first-order valence-corrected chi connectivity index (χ1v) is 8.26. The molecule has 1 aromatic rings. The lowest BCUT2D eigenvalue weighted by atomic mass is 9.93. The van der Waals surface area contributed by atoms with E-state index in [4.69, 9.17) is 5.73 Å². The van der Waals surface area contributed by atoms with Crippen LogP contribution in [0.3, 0.4) is 0 Å². The maximum Gasteiger partial charge on any atom is 0.123 e. The van der Waals surface area contributed by atoms with Crippen molar-refractivity contribution in [3.8, 4) is 0 Å². The van der Waals surface area contributed by atoms with Crippen LogP contribution in [0.15, 0.2) is 29.2 Å². The fraction of sp³-hybridized carbons (Fsp3) is 0.625. The number of thioether (sulfide) groups is 1. The van der Waals surface area contributed by atoms with E-state index in [9.17, 15) is 4.39 Å². The molecule has 0 heterocycles. The van der Waals surface area contributed by atoms with Crippen molar-refractivity contribution in [3.63, 3.8) is 0 Å². The first-order valence-electron chi connectivity index (χ1n) is 7.27. The van der Waals surface area contributed by atoms with E-state index in [-0.39, 0.29) is 11.2 Å². The highest BCUT2D eigenvalue weighted by molar-refractivity contribution is 7.99. The van der Waals surface area contributed by atoms with Crippen molar-refractivity contribution < 1.29 is 4.39 Å². The van der Waals surface area contributed by atoms with E-state index in [0.29, 0.717) is 6.54 Å². The van der Waals surface area contributed by atoms with Gasteiger partial charge in [0, 0.05) is 23.7 Å². The van der Waals surface area contributed by atoms with Gasteiger partial charge in [-0.3, -0.25) is 0 Å². The molecule has 0 aromatic heterocycles. The molecular formula is C16H27FN2S. The summed E-state index contributed by atoms with van der Waals surface area (Å²) in [4.78, 5) is 3.60. The van der Waals surface area contributed by atoms with Gasteiger partial charge in [-0.2, -0.15) is 0 Å². The Balaban J connectivity index is 2.40. The molecule has 0 fully saturated rings. The first kappa shape index (κ1) is 17.5. The largest absolute Gasteiger partial charge is 0.330 e. The Morgan fingerprint density at radius 1 is 1.20 bits per heavy atom. The monoisotopic (exact) mass is 298 g/mol. The third-order valence-electron chi connectivity index (χ3n) is 3.23. The van der Waals surface area contributed by atoms with Gasteiger partial charge in [-0.15, -0.1) is 11.8 Å². The highest BCUT2D eigenvalue weighted by Crippen LogP contribution is 2.20. The lowest BCUT2D eigenvalue weighted by Crippen LogP contribution is -2.40. The maximum atomic E-state index is 12.8. The Kier molecular flexibility index (Phi) is 7.56. The molecule has 2 nitrogen and oxygen atoms in total. The van der Waals surface area contributed by atoms with Crippen molar-refractivity contribution in [3.05, 3.63) is 30.1 Å².